The number of rotatable bonds is 8. The standard InChI is InChI=1S/C36H30O4/c1-3-39-35(37)33-31(27-21-13-7-14-22-27)29(25-17-9-5-10-18-25)30(26-19-11-6-12-20-26)32(28-23-15-8-16-24-28)34(33)36(38)40-4-2/h5-24H,3-4H2,1-2H3. The number of benzene rings is 5. The van der Waals surface area contributed by atoms with Crippen molar-refractivity contribution in [3.05, 3.63) is 132 Å². The molecule has 0 radical (unpaired) electrons. The van der Waals surface area contributed by atoms with E-state index in [0.29, 0.717) is 11.1 Å². The molecular formula is C36H30O4. The Hall–Kier alpha value is -4.96. The van der Waals surface area contributed by atoms with Crippen LogP contribution < -0.4 is 0 Å². The molecule has 0 heterocycles. The maximum Gasteiger partial charge on any atom is 0.339 e. The van der Waals surface area contributed by atoms with Gasteiger partial charge in [0, 0.05) is 11.1 Å². The lowest BCUT2D eigenvalue weighted by atomic mass is 9.77. The van der Waals surface area contributed by atoms with Gasteiger partial charge in [-0.25, -0.2) is 9.59 Å². The van der Waals surface area contributed by atoms with Crippen LogP contribution in [0.15, 0.2) is 121 Å². The fourth-order valence-corrected chi connectivity index (χ4v) is 5.14. The largest absolute Gasteiger partial charge is 0.462 e. The van der Waals surface area contributed by atoms with E-state index in [1.807, 2.05) is 121 Å². The van der Waals surface area contributed by atoms with Crippen LogP contribution in [0.3, 0.4) is 0 Å². The summed E-state index contributed by atoms with van der Waals surface area (Å²) in [6.07, 6.45) is 0. The summed E-state index contributed by atoms with van der Waals surface area (Å²) in [7, 11) is 0. The third-order valence-corrected chi connectivity index (χ3v) is 6.71. The summed E-state index contributed by atoms with van der Waals surface area (Å²) in [5.74, 6) is -1.14. The van der Waals surface area contributed by atoms with Crippen LogP contribution in [-0.2, 0) is 9.47 Å². The first kappa shape index (κ1) is 26.6. The minimum atomic E-state index is -0.571. The van der Waals surface area contributed by atoms with Gasteiger partial charge in [-0.2, -0.15) is 0 Å². The third-order valence-electron chi connectivity index (χ3n) is 6.71. The third kappa shape index (κ3) is 5.16. The average Bonchev–Trinajstić information content (AvgIpc) is 3.01. The van der Waals surface area contributed by atoms with Crippen molar-refractivity contribution in [1.29, 1.82) is 0 Å². The molecular weight excluding hydrogens is 496 g/mol. The molecule has 4 nitrogen and oxygen atoms in total. The van der Waals surface area contributed by atoms with Crippen LogP contribution in [-0.4, -0.2) is 25.2 Å². The minimum Gasteiger partial charge on any atom is -0.462 e. The molecule has 5 aromatic rings. The summed E-state index contributed by atoms with van der Waals surface area (Å²) in [4.78, 5) is 27.9. The molecule has 0 aromatic heterocycles. The van der Waals surface area contributed by atoms with Gasteiger partial charge in [0.15, 0.2) is 0 Å². The Kier molecular flexibility index (Phi) is 8.17. The molecule has 0 saturated carbocycles. The molecule has 0 aliphatic heterocycles. The van der Waals surface area contributed by atoms with Crippen molar-refractivity contribution in [3.63, 3.8) is 0 Å². The number of carbonyl (C=O) groups is 2. The van der Waals surface area contributed by atoms with Crippen molar-refractivity contribution < 1.29 is 19.1 Å². The zero-order valence-electron chi connectivity index (χ0n) is 22.6. The molecule has 0 aliphatic rings. The van der Waals surface area contributed by atoms with Crippen LogP contribution in [0, 0.1) is 0 Å². The SMILES string of the molecule is CCOC(=O)c1c(C(=O)OCC)c(-c2ccccc2)c(-c2ccccc2)c(-c2ccccc2)c1-c1ccccc1. The highest BCUT2D eigenvalue weighted by Crippen LogP contribution is 2.50. The van der Waals surface area contributed by atoms with E-state index in [2.05, 4.69) is 0 Å². The maximum atomic E-state index is 14.0. The van der Waals surface area contributed by atoms with Crippen molar-refractivity contribution in [2.45, 2.75) is 13.8 Å². The maximum absolute atomic E-state index is 14.0. The van der Waals surface area contributed by atoms with Crippen LogP contribution in [0.1, 0.15) is 34.6 Å². The summed E-state index contributed by atoms with van der Waals surface area (Å²) in [5, 5.41) is 0. The molecule has 0 fully saturated rings. The number of esters is 2. The smallest absolute Gasteiger partial charge is 0.339 e. The number of hydrogen-bond acceptors (Lipinski definition) is 4. The zero-order valence-corrected chi connectivity index (χ0v) is 22.6. The molecule has 198 valence electrons. The molecule has 0 saturated heterocycles. The van der Waals surface area contributed by atoms with Crippen molar-refractivity contribution in [1.82, 2.24) is 0 Å². The van der Waals surface area contributed by atoms with Gasteiger partial charge in [0.1, 0.15) is 0 Å². The Bertz CT molecular complexity index is 1490. The van der Waals surface area contributed by atoms with Crippen molar-refractivity contribution in [3.8, 4) is 44.5 Å². The summed E-state index contributed by atoms with van der Waals surface area (Å²) in [6.45, 7) is 3.85. The van der Waals surface area contributed by atoms with Crippen LogP contribution in [0.4, 0.5) is 0 Å². The number of hydrogen-bond donors (Lipinski definition) is 0. The first-order valence-corrected chi connectivity index (χ1v) is 13.5. The van der Waals surface area contributed by atoms with E-state index in [0.717, 1.165) is 33.4 Å². The zero-order chi connectivity index (χ0) is 27.9. The van der Waals surface area contributed by atoms with Gasteiger partial charge in [0.2, 0.25) is 0 Å². The Morgan fingerprint density at radius 2 is 0.675 bits per heavy atom. The van der Waals surface area contributed by atoms with Crippen LogP contribution in [0.5, 0.6) is 0 Å². The normalized spacial score (nSPS) is 10.7. The molecule has 4 heteroatoms. The van der Waals surface area contributed by atoms with Gasteiger partial charge in [-0.1, -0.05) is 121 Å². The molecule has 0 unspecified atom stereocenters. The van der Waals surface area contributed by atoms with Crippen LogP contribution in [0.25, 0.3) is 44.5 Å². The monoisotopic (exact) mass is 526 g/mol. The van der Waals surface area contributed by atoms with Crippen LogP contribution in [0.2, 0.25) is 0 Å². The first-order chi connectivity index (χ1) is 19.7. The fraction of sp³-hybridized carbons (Fsp3) is 0.111. The highest BCUT2D eigenvalue weighted by Gasteiger charge is 2.34. The van der Waals surface area contributed by atoms with Gasteiger partial charge in [-0.15, -0.1) is 0 Å². The van der Waals surface area contributed by atoms with Gasteiger partial charge in [-0.05, 0) is 47.2 Å². The van der Waals surface area contributed by atoms with Gasteiger partial charge < -0.3 is 9.47 Å². The second-order valence-corrected chi connectivity index (χ2v) is 9.16. The molecule has 5 aromatic carbocycles. The van der Waals surface area contributed by atoms with E-state index in [9.17, 15) is 9.59 Å². The van der Waals surface area contributed by atoms with E-state index >= 15 is 0 Å². The minimum absolute atomic E-state index is 0.164. The number of carbonyl (C=O) groups excluding carboxylic acids is 2. The summed E-state index contributed by atoms with van der Waals surface area (Å²) in [5.41, 5.74) is 6.77. The number of ether oxygens (including phenoxy) is 2. The van der Waals surface area contributed by atoms with Crippen molar-refractivity contribution in [2.24, 2.45) is 0 Å². The van der Waals surface area contributed by atoms with E-state index in [1.54, 1.807) is 13.8 Å². The predicted molar refractivity (Wildman–Crippen MR) is 160 cm³/mol. The Balaban J connectivity index is 2.11. The van der Waals surface area contributed by atoms with Gasteiger partial charge in [-0.3, -0.25) is 0 Å². The summed E-state index contributed by atoms with van der Waals surface area (Å²) >= 11 is 0. The van der Waals surface area contributed by atoms with Crippen LogP contribution >= 0.6 is 0 Å². The molecule has 0 N–H and O–H groups in total. The quantitative estimate of drug-likeness (QED) is 0.190. The predicted octanol–water partition coefficient (Wildman–Crippen LogP) is 8.71. The molecule has 0 atom stereocenters. The van der Waals surface area contributed by atoms with Gasteiger partial charge in [0.05, 0.1) is 24.3 Å². The van der Waals surface area contributed by atoms with Gasteiger partial charge >= 0.3 is 11.9 Å². The molecule has 0 amide bonds. The molecule has 0 aliphatic carbocycles. The van der Waals surface area contributed by atoms with E-state index in [-0.39, 0.29) is 24.3 Å². The van der Waals surface area contributed by atoms with E-state index in [4.69, 9.17) is 9.47 Å². The second kappa shape index (κ2) is 12.3. The molecule has 40 heavy (non-hydrogen) atoms. The fourth-order valence-electron chi connectivity index (χ4n) is 5.14. The van der Waals surface area contributed by atoms with Crippen molar-refractivity contribution in [2.75, 3.05) is 13.2 Å². The Morgan fingerprint density at radius 1 is 0.425 bits per heavy atom. The van der Waals surface area contributed by atoms with E-state index < -0.39 is 11.9 Å². The lowest BCUT2D eigenvalue weighted by Gasteiger charge is -2.26. The second-order valence-electron chi connectivity index (χ2n) is 9.16. The summed E-state index contributed by atoms with van der Waals surface area (Å²) in [6, 6.07) is 39.3. The molecule has 0 spiro atoms. The molecule has 0 bridgehead atoms. The highest BCUT2D eigenvalue weighted by molar-refractivity contribution is 6.19. The first-order valence-electron chi connectivity index (χ1n) is 13.5. The summed E-state index contributed by atoms with van der Waals surface area (Å²) < 4.78 is 11.3. The lowest BCUT2D eigenvalue weighted by molar-refractivity contribution is 0.0480. The highest BCUT2D eigenvalue weighted by atomic mass is 16.5. The topological polar surface area (TPSA) is 52.6 Å². The Labute approximate surface area is 234 Å². The van der Waals surface area contributed by atoms with Gasteiger partial charge in [0.25, 0.3) is 0 Å². The molecule has 5 rings (SSSR count). The lowest BCUT2D eigenvalue weighted by Crippen LogP contribution is -2.19. The van der Waals surface area contributed by atoms with E-state index in [1.165, 1.54) is 0 Å². The Morgan fingerprint density at radius 3 is 0.925 bits per heavy atom. The van der Waals surface area contributed by atoms with Crippen molar-refractivity contribution >= 4 is 11.9 Å². The average molecular weight is 527 g/mol.